The number of likely N-dealkylation sites (N-methyl/N-ethyl adjacent to an activating group) is 1. The summed E-state index contributed by atoms with van der Waals surface area (Å²) in [6, 6.07) is 6.75. The molecule has 0 aliphatic carbocycles. The van der Waals surface area contributed by atoms with Crippen molar-refractivity contribution in [3.63, 3.8) is 0 Å². The molecule has 0 bridgehead atoms. The molecular weight excluding hydrogens is 329 g/mol. The predicted octanol–water partition coefficient (Wildman–Crippen LogP) is 1.81. The number of benzene rings is 1. The third-order valence-corrected chi connectivity index (χ3v) is 4.92. The minimum atomic E-state index is -0.182. The van der Waals surface area contributed by atoms with Crippen molar-refractivity contribution in [1.29, 1.82) is 0 Å². The summed E-state index contributed by atoms with van der Waals surface area (Å²) >= 11 is 0. The number of guanidine groups is 1. The highest BCUT2D eigenvalue weighted by molar-refractivity contribution is 5.79. The van der Waals surface area contributed by atoms with E-state index in [2.05, 4.69) is 39.3 Å². The van der Waals surface area contributed by atoms with Crippen LogP contribution in [0, 0.1) is 11.7 Å². The molecule has 0 spiro atoms. The van der Waals surface area contributed by atoms with Gasteiger partial charge in [0.2, 0.25) is 0 Å². The van der Waals surface area contributed by atoms with Crippen molar-refractivity contribution in [2.45, 2.75) is 20.3 Å². The number of nitrogens with one attached hydrogen (secondary N) is 2. The molecule has 26 heavy (non-hydrogen) atoms. The number of piperazine rings is 1. The van der Waals surface area contributed by atoms with Crippen molar-refractivity contribution in [3.8, 4) is 0 Å². The predicted molar refractivity (Wildman–Crippen MR) is 107 cm³/mol. The third kappa shape index (κ3) is 7.30. The maximum absolute atomic E-state index is 13.2. The van der Waals surface area contributed by atoms with Crippen LogP contribution in [0.3, 0.4) is 0 Å². The smallest absolute Gasteiger partial charge is 0.190 e. The van der Waals surface area contributed by atoms with E-state index >= 15 is 0 Å². The first-order valence-corrected chi connectivity index (χ1v) is 9.74. The van der Waals surface area contributed by atoms with Crippen LogP contribution in [0.15, 0.2) is 29.3 Å². The number of hydrogen-bond acceptors (Lipinski definition) is 3. The zero-order valence-electron chi connectivity index (χ0n) is 16.5. The molecule has 6 heteroatoms. The number of rotatable bonds is 8. The van der Waals surface area contributed by atoms with Crippen LogP contribution < -0.4 is 10.6 Å². The van der Waals surface area contributed by atoms with E-state index in [0.717, 1.165) is 44.1 Å². The van der Waals surface area contributed by atoms with Gasteiger partial charge in [0.05, 0.1) is 0 Å². The van der Waals surface area contributed by atoms with Gasteiger partial charge in [0.15, 0.2) is 5.96 Å². The van der Waals surface area contributed by atoms with Gasteiger partial charge in [-0.25, -0.2) is 4.39 Å². The largest absolute Gasteiger partial charge is 0.356 e. The van der Waals surface area contributed by atoms with Gasteiger partial charge in [-0.2, -0.15) is 0 Å². The van der Waals surface area contributed by atoms with Gasteiger partial charge in [-0.15, -0.1) is 0 Å². The molecule has 1 aromatic carbocycles. The van der Waals surface area contributed by atoms with Crippen LogP contribution >= 0.6 is 0 Å². The Morgan fingerprint density at radius 1 is 1.19 bits per heavy atom. The average molecular weight is 364 g/mol. The molecule has 2 rings (SSSR count). The number of nitrogens with zero attached hydrogens (tertiary/aromatic N) is 3. The Bertz CT molecular complexity index is 555. The number of hydrogen-bond donors (Lipinski definition) is 2. The normalized spacial score (nSPS) is 17.9. The minimum absolute atomic E-state index is 0.182. The molecule has 0 saturated carbocycles. The second-order valence-electron chi connectivity index (χ2n) is 7.10. The Kier molecular flexibility index (Phi) is 8.85. The zero-order valence-corrected chi connectivity index (χ0v) is 16.5. The molecule has 2 N–H and O–H groups in total. The first kappa shape index (κ1) is 20.6. The quantitative estimate of drug-likeness (QED) is 0.546. The van der Waals surface area contributed by atoms with Crippen LogP contribution in [0.1, 0.15) is 19.4 Å². The van der Waals surface area contributed by atoms with Crippen LogP contribution in [0.25, 0.3) is 0 Å². The van der Waals surface area contributed by atoms with Gasteiger partial charge in [0.25, 0.3) is 0 Å². The van der Waals surface area contributed by atoms with Crippen LogP contribution in [0.5, 0.6) is 0 Å². The Labute approximate surface area is 157 Å². The van der Waals surface area contributed by atoms with E-state index < -0.39 is 0 Å². The molecule has 146 valence electrons. The van der Waals surface area contributed by atoms with Gasteiger partial charge in [0, 0.05) is 52.9 Å². The Morgan fingerprint density at radius 2 is 1.92 bits per heavy atom. The fourth-order valence-corrected chi connectivity index (χ4v) is 3.30. The number of halogens is 1. The second-order valence-corrected chi connectivity index (χ2v) is 7.10. The Hall–Kier alpha value is -1.66. The topological polar surface area (TPSA) is 42.9 Å². The summed E-state index contributed by atoms with van der Waals surface area (Å²) in [4.78, 5) is 9.33. The van der Waals surface area contributed by atoms with E-state index in [1.54, 1.807) is 19.2 Å². The van der Waals surface area contributed by atoms with E-state index in [1.807, 2.05) is 6.07 Å². The van der Waals surface area contributed by atoms with Crippen LogP contribution in [0.2, 0.25) is 0 Å². The lowest BCUT2D eigenvalue weighted by molar-refractivity contribution is 0.124. The van der Waals surface area contributed by atoms with Crippen molar-refractivity contribution in [1.82, 2.24) is 20.4 Å². The first-order valence-electron chi connectivity index (χ1n) is 9.74. The average Bonchev–Trinajstić information content (AvgIpc) is 2.65. The molecule has 1 unspecified atom stereocenters. The lowest BCUT2D eigenvalue weighted by atomic mass is 10.1. The summed E-state index contributed by atoms with van der Waals surface area (Å²) in [5, 5.41) is 6.71. The fourth-order valence-electron chi connectivity index (χ4n) is 3.30. The van der Waals surface area contributed by atoms with Gasteiger partial charge in [-0.1, -0.05) is 26.0 Å². The monoisotopic (exact) mass is 363 g/mol. The standard InChI is InChI=1S/C20H34FN5/c1-4-25-10-12-26(13-11-25)16-17(2)15-24-20(22-3)23-9-8-18-6-5-7-19(21)14-18/h5-7,14,17H,4,8-13,15-16H2,1-3H3,(H2,22,23,24). The molecular formula is C20H34FN5. The van der Waals surface area contributed by atoms with Crippen molar-refractivity contribution < 1.29 is 4.39 Å². The summed E-state index contributed by atoms with van der Waals surface area (Å²) in [6.45, 7) is 13.1. The highest BCUT2D eigenvalue weighted by Crippen LogP contribution is 2.05. The minimum Gasteiger partial charge on any atom is -0.356 e. The van der Waals surface area contributed by atoms with Crippen molar-refractivity contribution in [2.75, 3.05) is 59.4 Å². The second kappa shape index (κ2) is 11.1. The van der Waals surface area contributed by atoms with Crippen LogP contribution in [-0.4, -0.2) is 75.2 Å². The fraction of sp³-hybridized carbons (Fsp3) is 0.650. The molecule has 1 aromatic rings. The summed E-state index contributed by atoms with van der Waals surface area (Å²) < 4.78 is 13.2. The van der Waals surface area contributed by atoms with Crippen molar-refractivity contribution in [3.05, 3.63) is 35.6 Å². The summed E-state index contributed by atoms with van der Waals surface area (Å²) in [7, 11) is 1.78. The summed E-state index contributed by atoms with van der Waals surface area (Å²) in [5.74, 6) is 1.19. The molecule has 1 heterocycles. The molecule has 1 aliphatic heterocycles. The molecule has 5 nitrogen and oxygen atoms in total. The first-order chi connectivity index (χ1) is 12.6. The van der Waals surface area contributed by atoms with E-state index in [-0.39, 0.29) is 5.82 Å². The van der Waals surface area contributed by atoms with Crippen LogP contribution in [0.4, 0.5) is 4.39 Å². The van der Waals surface area contributed by atoms with Crippen molar-refractivity contribution >= 4 is 5.96 Å². The Balaban J connectivity index is 1.63. The maximum atomic E-state index is 13.2. The highest BCUT2D eigenvalue weighted by atomic mass is 19.1. The molecule has 0 amide bonds. The van der Waals surface area contributed by atoms with E-state index in [4.69, 9.17) is 0 Å². The van der Waals surface area contributed by atoms with Gasteiger partial charge in [-0.3, -0.25) is 4.99 Å². The molecule has 1 aliphatic rings. The summed E-state index contributed by atoms with van der Waals surface area (Å²) in [5.41, 5.74) is 0.993. The van der Waals surface area contributed by atoms with Gasteiger partial charge < -0.3 is 20.4 Å². The molecule has 1 fully saturated rings. The van der Waals surface area contributed by atoms with Gasteiger partial charge >= 0.3 is 0 Å². The lowest BCUT2D eigenvalue weighted by Crippen LogP contribution is -2.48. The van der Waals surface area contributed by atoms with E-state index in [0.29, 0.717) is 5.92 Å². The van der Waals surface area contributed by atoms with Gasteiger partial charge in [0.1, 0.15) is 5.82 Å². The maximum Gasteiger partial charge on any atom is 0.190 e. The van der Waals surface area contributed by atoms with Gasteiger partial charge in [-0.05, 0) is 36.6 Å². The SMILES string of the molecule is CCN1CCN(CC(C)CNC(=NC)NCCc2cccc(F)c2)CC1. The third-order valence-electron chi connectivity index (χ3n) is 4.92. The van der Waals surface area contributed by atoms with E-state index in [1.165, 1.54) is 32.2 Å². The highest BCUT2D eigenvalue weighted by Gasteiger charge is 2.17. The molecule has 1 atom stereocenters. The van der Waals surface area contributed by atoms with Crippen molar-refractivity contribution in [2.24, 2.45) is 10.9 Å². The lowest BCUT2D eigenvalue weighted by Gasteiger charge is -2.35. The Morgan fingerprint density at radius 3 is 2.58 bits per heavy atom. The summed E-state index contributed by atoms with van der Waals surface area (Å²) in [6.07, 6.45) is 0.774. The van der Waals surface area contributed by atoms with Crippen LogP contribution in [-0.2, 0) is 6.42 Å². The zero-order chi connectivity index (χ0) is 18.8. The molecule has 1 saturated heterocycles. The number of aliphatic imine (C=N–C) groups is 1. The van der Waals surface area contributed by atoms with E-state index in [9.17, 15) is 4.39 Å². The molecule has 0 radical (unpaired) electrons. The molecule has 0 aromatic heterocycles.